The molecule has 2 aliphatic heterocycles. The standard InChI is InChI=1S/C20H37N5O.HI/c1-22-20(25-14-17-6-2-3-7-18(17)15-25)23-10-4-5-11-24-12-8-16(9-13-24)19(21)26;/h16-18H,2-15H2,1H3,(H2,21,26)(H,22,23);1H. The molecule has 1 saturated carbocycles. The van der Waals surface area contributed by atoms with E-state index in [1.54, 1.807) is 0 Å². The number of nitrogens with one attached hydrogen (secondary N) is 1. The number of hydrogen-bond acceptors (Lipinski definition) is 3. The molecule has 3 fully saturated rings. The Balaban J connectivity index is 0.00000261. The van der Waals surface area contributed by atoms with Crippen molar-refractivity contribution in [2.45, 2.75) is 51.4 Å². The molecule has 2 saturated heterocycles. The molecule has 156 valence electrons. The molecule has 0 aromatic heterocycles. The highest BCUT2D eigenvalue weighted by molar-refractivity contribution is 14.0. The van der Waals surface area contributed by atoms with Gasteiger partial charge in [0.15, 0.2) is 5.96 Å². The van der Waals surface area contributed by atoms with E-state index in [9.17, 15) is 4.79 Å². The number of amides is 1. The number of carbonyl (C=O) groups excluding carboxylic acids is 1. The Kier molecular flexibility index (Phi) is 9.62. The topological polar surface area (TPSA) is 74.0 Å². The largest absolute Gasteiger partial charge is 0.369 e. The number of nitrogens with two attached hydrogens (primary N) is 1. The fraction of sp³-hybridized carbons (Fsp3) is 0.900. The molecule has 7 heteroatoms. The number of primary amides is 1. The van der Waals surface area contributed by atoms with Crippen LogP contribution in [0.2, 0.25) is 0 Å². The Morgan fingerprint density at radius 2 is 1.70 bits per heavy atom. The summed E-state index contributed by atoms with van der Waals surface area (Å²) in [6, 6.07) is 0. The zero-order valence-corrected chi connectivity index (χ0v) is 19.2. The lowest BCUT2D eigenvalue weighted by atomic mass is 9.82. The number of nitrogens with zero attached hydrogens (tertiary/aromatic N) is 3. The first-order valence-electron chi connectivity index (χ1n) is 10.6. The number of piperidine rings is 1. The number of halogens is 1. The maximum atomic E-state index is 11.2. The summed E-state index contributed by atoms with van der Waals surface area (Å²) in [6.07, 6.45) is 9.85. The number of likely N-dealkylation sites (tertiary alicyclic amines) is 2. The summed E-state index contributed by atoms with van der Waals surface area (Å²) in [4.78, 5) is 20.7. The molecule has 3 rings (SSSR count). The summed E-state index contributed by atoms with van der Waals surface area (Å²) < 4.78 is 0. The summed E-state index contributed by atoms with van der Waals surface area (Å²) in [6.45, 7) is 6.53. The molecule has 1 aliphatic carbocycles. The van der Waals surface area contributed by atoms with E-state index in [-0.39, 0.29) is 35.8 Å². The first-order valence-corrected chi connectivity index (χ1v) is 10.6. The van der Waals surface area contributed by atoms with E-state index in [2.05, 4.69) is 20.1 Å². The first-order chi connectivity index (χ1) is 12.7. The van der Waals surface area contributed by atoms with Crippen LogP contribution in [0.3, 0.4) is 0 Å². The van der Waals surface area contributed by atoms with E-state index >= 15 is 0 Å². The zero-order valence-electron chi connectivity index (χ0n) is 16.9. The third kappa shape index (κ3) is 6.48. The molecule has 1 amide bonds. The Hall–Kier alpha value is -0.570. The van der Waals surface area contributed by atoms with E-state index in [1.165, 1.54) is 45.2 Å². The Labute approximate surface area is 181 Å². The van der Waals surface area contributed by atoms with E-state index in [4.69, 9.17) is 5.73 Å². The number of hydrogen-bond donors (Lipinski definition) is 2. The van der Waals surface area contributed by atoms with Gasteiger partial charge in [-0.3, -0.25) is 9.79 Å². The minimum absolute atomic E-state index is 0. The van der Waals surface area contributed by atoms with Gasteiger partial charge in [0.2, 0.25) is 5.91 Å². The van der Waals surface area contributed by atoms with Gasteiger partial charge in [0.05, 0.1) is 0 Å². The summed E-state index contributed by atoms with van der Waals surface area (Å²) in [5, 5.41) is 3.58. The van der Waals surface area contributed by atoms with Gasteiger partial charge >= 0.3 is 0 Å². The fourth-order valence-electron chi connectivity index (χ4n) is 5.01. The quantitative estimate of drug-likeness (QED) is 0.259. The van der Waals surface area contributed by atoms with Crippen molar-refractivity contribution in [1.82, 2.24) is 15.1 Å². The average molecular weight is 491 g/mol. The second kappa shape index (κ2) is 11.4. The lowest BCUT2D eigenvalue weighted by Crippen LogP contribution is -2.41. The molecule has 27 heavy (non-hydrogen) atoms. The number of fused-ring (bicyclic) bond motifs is 1. The second-order valence-corrected chi connectivity index (χ2v) is 8.41. The highest BCUT2D eigenvalue weighted by atomic mass is 127. The molecule has 0 bridgehead atoms. The molecular weight excluding hydrogens is 453 g/mol. The van der Waals surface area contributed by atoms with Crippen LogP contribution in [-0.2, 0) is 4.79 Å². The maximum Gasteiger partial charge on any atom is 0.220 e. The summed E-state index contributed by atoms with van der Waals surface area (Å²) in [7, 11) is 1.91. The maximum absolute atomic E-state index is 11.2. The molecule has 3 aliphatic rings. The van der Waals surface area contributed by atoms with Crippen molar-refractivity contribution < 1.29 is 4.79 Å². The number of aliphatic imine (C=N–C) groups is 1. The van der Waals surface area contributed by atoms with Crippen LogP contribution in [0.4, 0.5) is 0 Å². The SMILES string of the molecule is CN=C(NCCCCN1CCC(C(N)=O)CC1)N1CC2CCCCC2C1.I. The number of rotatable bonds is 6. The molecule has 0 radical (unpaired) electrons. The summed E-state index contributed by atoms with van der Waals surface area (Å²) in [5.41, 5.74) is 5.40. The van der Waals surface area contributed by atoms with Gasteiger partial charge in [0.25, 0.3) is 0 Å². The van der Waals surface area contributed by atoms with Crippen LogP contribution < -0.4 is 11.1 Å². The molecule has 3 N–H and O–H groups in total. The molecule has 2 unspecified atom stereocenters. The average Bonchev–Trinajstić information content (AvgIpc) is 3.09. The number of guanidine groups is 1. The van der Waals surface area contributed by atoms with Crippen LogP contribution in [0.1, 0.15) is 51.4 Å². The second-order valence-electron chi connectivity index (χ2n) is 8.41. The van der Waals surface area contributed by atoms with Gasteiger partial charge in [0.1, 0.15) is 0 Å². The van der Waals surface area contributed by atoms with Crippen LogP contribution in [0, 0.1) is 17.8 Å². The summed E-state index contributed by atoms with van der Waals surface area (Å²) >= 11 is 0. The molecule has 0 aromatic carbocycles. The normalized spacial score (nSPS) is 27.1. The Morgan fingerprint density at radius 3 is 2.26 bits per heavy atom. The lowest BCUT2D eigenvalue weighted by molar-refractivity contribution is -0.123. The van der Waals surface area contributed by atoms with Crippen LogP contribution in [0.5, 0.6) is 0 Å². The zero-order chi connectivity index (χ0) is 18.4. The molecule has 2 atom stereocenters. The van der Waals surface area contributed by atoms with Gasteiger partial charge in [-0.2, -0.15) is 0 Å². The molecule has 0 spiro atoms. The minimum atomic E-state index is -0.123. The van der Waals surface area contributed by atoms with Crippen LogP contribution in [-0.4, -0.2) is 68.0 Å². The monoisotopic (exact) mass is 491 g/mol. The first kappa shape index (κ1) is 22.7. The van der Waals surface area contributed by atoms with Crippen molar-refractivity contribution in [1.29, 1.82) is 0 Å². The third-order valence-electron chi connectivity index (χ3n) is 6.66. The van der Waals surface area contributed by atoms with Gasteiger partial charge in [-0.1, -0.05) is 12.8 Å². The minimum Gasteiger partial charge on any atom is -0.369 e. The summed E-state index contributed by atoms with van der Waals surface area (Å²) in [5.74, 6) is 2.86. The fourth-order valence-corrected chi connectivity index (χ4v) is 5.01. The lowest BCUT2D eigenvalue weighted by Gasteiger charge is -2.30. The van der Waals surface area contributed by atoms with E-state index < -0.39 is 0 Å². The molecule has 0 aromatic rings. The Bertz CT molecular complexity index is 479. The van der Waals surface area contributed by atoms with Gasteiger partial charge in [-0.15, -0.1) is 24.0 Å². The van der Waals surface area contributed by atoms with Gasteiger partial charge < -0.3 is 20.9 Å². The molecule has 6 nitrogen and oxygen atoms in total. The Morgan fingerprint density at radius 1 is 1.07 bits per heavy atom. The van der Waals surface area contributed by atoms with Crippen molar-refractivity contribution in [3.05, 3.63) is 0 Å². The van der Waals surface area contributed by atoms with Crippen molar-refractivity contribution in [3.63, 3.8) is 0 Å². The predicted molar refractivity (Wildman–Crippen MR) is 121 cm³/mol. The number of unbranched alkanes of at least 4 members (excludes halogenated alkanes) is 1. The highest BCUT2D eigenvalue weighted by Crippen LogP contribution is 2.35. The van der Waals surface area contributed by atoms with Crippen molar-refractivity contribution in [2.24, 2.45) is 28.5 Å². The van der Waals surface area contributed by atoms with Crippen LogP contribution in [0.25, 0.3) is 0 Å². The van der Waals surface area contributed by atoms with Gasteiger partial charge in [-0.25, -0.2) is 0 Å². The van der Waals surface area contributed by atoms with Crippen molar-refractivity contribution >= 4 is 35.8 Å². The van der Waals surface area contributed by atoms with Gasteiger partial charge in [0, 0.05) is 32.6 Å². The van der Waals surface area contributed by atoms with Crippen molar-refractivity contribution in [2.75, 3.05) is 46.3 Å². The number of carbonyl (C=O) groups is 1. The van der Waals surface area contributed by atoms with Gasteiger partial charge in [-0.05, 0) is 70.0 Å². The predicted octanol–water partition coefficient (Wildman–Crippen LogP) is 2.28. The van der Waals surface area contributed by atoms with E-state index in [1.807, 2.05) is 7.05 Å². The highest BCUT2D eigenvalue weighted by Gasteiger charge is 2.35. The van der Waals surface area contributed by atoms with E-state index in [0.29, 0.717) is 0 Å². The smallest absolute Gasteiger partial charge is 0.220 e. The third-order valence-corrected chi connectivity index (χ3v) is 6.66. The van der Waals surface area contributed by atoms with Crippen LogP contribution >= 0.6 is 24.0 Å². The van der Waals surface area contributed by atoms with Crippen molar-refractivity contribution in [3.8, 4) is 0 Å². The van der Waals surface area contributed by atoms with E-state index in [0.717, 1.165) is 63.2 Å². The molecule has 2 heterocycles. The van der Waals surface area contributed by atoms with Crippen LogP contribution in [0.15, 0.2) is 4.99 Å². The molecular formula is C20H38IN5O.